The van der Waals surface area contributed by atoms with Gasteiger partial charge in [-0.05, 0) is 19.2 Å². The number of nitrogens with zero attached hydrogens (tertiary/aromatic N) is 1. The SMILES string of the molecule is CNC1C(=O)Nc2cc(Sc3ncc[nH]3)ccc21. The molecule has 0 radical (unpaired) electrons. The molecule has 3 rings (SSSR count). The number of anilines is 1. The highest BCUT2D eigenvalue weighted by Crippen LogP contribution is 2.35. The average molecular weight is 260 g/mol. The Kier molecular flexibility index (Phi) is 2.81. The number of nitrogens with one attached hydrogen (secondary N) is 3. The highest BCUT2D eigenvalue weighted by atomic mass is 32.2. The number of hydrogen-bond donors (Lipinski definition) is 3. The van der Waals surface area contributed by atoms with Gasteiger partial charge in [-0.15, -0.1) is 0 Å². The molecule has 3 N–H and O–H groups in total. The molecule has 18 heavy (non-hydrogen) atoms. The summed E-state index contributed by atoms with van der Waals surface area (Å²) in [5, 5.41) is 6.71. The number of carbonyl (C=O) groups is 1. The van der Waals surface area contributed by atoms with E-state index in [-0.39, 0.29) is 11.9 Å². The van der Waals surface area contributed by atoms with Crippen LogP contribution < -0.4 is 10.6 Å². The van der Waals surface area contributed by atoms with E-state index in [1.807, 2.05) is 18.2 Å². The number of hydrogen-bond acceptors (Lipinski definition) is 4. The third-order valence-corrected chi connectivity index (χ3v) is 3.74. The van der Waals surface area contributed by atoms with Gasteiger partial charge in [-0.3, -0.25) is 4.79 Å². The Bertz CT molecular complexity index is 582. The van der Waals surface area contributed by atoms with Crippen molar-refractivity contribution in [3.63, 3.8) is 0 Å². The lowest BCUT2D eigenvalue weighted by Crippen LogP contribution is -2.23. The molecule has 92 valence electrons. The van der Waals surface area contributed by atoms with E-state index in [0.717, 1.165) is 21.3 Å². The summed E-state index contributed by atoms with van der Waals surface area (Å²) in [6.45, 7) is 0. The first-order chi connectivity index (χ1) is 8.78. The number of amides is 1. The van der Waals surface area contributed by atoms with Crippen LogP contribution in [0.2, 0.25) is 0 Å². The Hall–Kier alpha value is -1.79. The Morgan fingerprint density at radius 3 is 3.06 bits per heavy atom. The summed E-state index contributed by atoms with van der Waals surface area (Å²) >= 11 is 1.53. The number of imidazole rings is 1. The van der Waals surface area contributed by atoms with Gasteiger partial charge in [-0.1, -0.05) is 17.8 Å². The molecular formula is C12H12N4OS. The van der Waals surface area contributed by atoms with E-state index in [1.165, 1.54) is 11.8 Å². The molecular weight excluding hydrogens is 248 g/mol. The Morgan fingerprint density at radius 1 is 1.44 bits per heavy atom. The number of benzene rings is 1. The number of aromatic nitrogens is 2. The molecule has 0 aliphatic carbocycles. The van der Waals surface area contributed by atoms with Crippen LogP contribution in [0.4, 0.5) is 5.69 Å². The zero-order valence-corrected chi connectivity index (χ0v) is 10.5. The van der Waals surface area contributed by atoms with Gasteiger partial charge in [0.25, 0.3) is 0 Å². The predicted molar refractivity (Wildman–Crippen MR) is 69.6 cm³/mol. The number of carbonyl (C=O) groups excluding carboxylic acids is 1. The van der Waals surface area contributed by atoms with Gasteiger partial charge >= 0.3 is 0 Å². The van der Waals surface area contributed by atoms with E-state index in [0.29, 0.717) is 0 Å². The van der Waals surface area contributed by atoms with Gasteiger partial charge in [-0.25, -0.2) is 4.98 Å². The molecule has 0 saturated heterocycles. The second-order valence-corrected chi connectivity index (χ2v) is 5.02. The molecule has 1 aromatic carbocycles. The van der Waals surface area contributed by atoms with Crippen molar-refractivity contribution in [2.24, 2.45) is 0 Å². The van der Waals surface area contributed by atoms with E-state index in [2.05, 4.69) is 20.6 Å². The lowest BCUT2D eigenvalue weighted by atomic mass is 10.1. The summed E-state index contributed by atoms with van der Waals surface area (Å²) in [5.41, 5.74) is 1.86. The number of H-pyrrole nitrogens is 1. The average Bonchev–Trinajstić information content (AvgIpc) is 2.95. The summed E-state index contributed by atoms with van der Waals surface area (Å²) in [4.78, 5) is 19.9. The first-order valence-electron chi connectivity index (χ1n) is 5.57. The Balaban J connectivity index is 1.89. The summed E-state index contributed by atoms with van der Waals surface area (Å²) in [5.74, 6) is -0.00681. The standard InChI is InChI=1S/C12H12N4OS/c1-13-10-8-3-2-7(6-9(8)16-11(10)17)18-12-14-4-5-15-12/h2-6,10,13H,1H3,(H,14,15)(H,16,17). The molecule has 5 nitrogen and oxygen atoms in total. The van der Waals surface area contributed by atoms with Crippen molar-refractivity contribution in [1.29, 1.82) is 0 Å². The van der Waals surface area contributed by atoms with E-state index in [4.69, 9.17) is 0 Å². The molecule has 1 amide bonds. The van der Waals surface area contributed by atoms with Crippen LogP contribution in [0.5, 0.6) is 0 Å². The number of likely N-dealkylation sites (N-methyl/N-ethyl adjacent to an activating group) is 1. The van der Waals surface area contributed by atoms with Crippen LogP contribution in [0.15, 0.2) is 40.6 Å². The van der Waals surface area contributed by atoms with E-state index in [9.17, 15) is 4.79 Å². The Morgan fingerprint density at radius 2 is 2.33 bits per heavy atom. The molecule has 1 aliphatic heterocycles. The highest BCUT2D eigenvalue weighted by molar-refractivity contribution is 7.99. The molecule has 1 unspecified atom stereocenters. The maximum atomic E-state index is 11.7. The number of fused-ring (bicyclic) bond motifs is 1. The lowest BCUT2D eigenvalue weighted by molar-refractivity contribution is -0.117. The second kappa shape index (κ2) is 4.47. The molecule has 1 atom stereocenters. The van der Waals surface area contributed by atoms with Crippen molar-refractivity contribution in [2.75, 3.05) is 12.4 Å². The predicted octanol–water partition coefficient (Wildman–Crippen LogP) is 1.77. The topological polar surface area (TPSA) is 69.8 Å². The van der Waals surface area contributed by atoms with Crippen LogP contribution in [-0.2, 0) is 4.79 Å². The summed E-state index contributed by atoms with van der Waals surface area (Å²) in [6.07, 6.45) is 3.50. The molecule has 0 bridgehead atoms. The number of aromatic amines is 1. The van der Waals surface area contributed by atoms with Crippen molar-refractivity contribution in [2.45, 2.75) is 16.1 Å². The van der Waals surface area contributed by atoms with Crippen molar-refractivity contribution in [3.8, 4) is 0 Å². The first-order valence-corrected chi connectivity index (χ1v) is 6.39. The third kappa shape index (κ3) is 1.89. The third-order valence-electron chi connectivity index (χ3n) is 2.83. The molecule has 2 aromatic rings. The molecule has 1 aliphatic rings. The van der Waals surface area contributed by atoms with Gasteiger partial charge in [0.05, 0.1) is 0 Å². The van der Waals surface area contributed by atoms with Gasteiger partial charge in [0.1, 0.15) is 6.04 Å². The number of rotatable bonds is 3. The van der Waals surface area contributed by atoms with E-state index < -0.39 is 0 Å². The van der Waals surface area contributed by atoms with Crippen LogP contribution in [0.1, 0.15) is 11.6 Å². The molecule has 6 heteroatoms. The van der Waals surface area contributed by atoms with Gasteiger partial charge in [0.15, 0.2) is 5.16 Å². The Labute approximate surface area is 108 Å². The maximum Gasteiger partial charge on any atom is 0.246 e. The monoisotopic (exact) mass is 260 g/mol. The van der Waals surface area contributed by atoms with Crippen LogP contribution in [0.25, 0.3) is 0 Å². The quantitative estimate of drug-likeness (QED) is 0.786. The van der Waals surface area contributed by atoms with Crippen LogP contribution in [0.3, 0.4) is 0 Å². The van der Waals surface area contributed by atoms with Gasteiger partial charge < -0.3 is 15.6 Å². The minimum absolute atomic E-state index is 0.00681. The first kappa shape index (κ1) is 11.3. The fraction of sp³-hybridized carbons (Fsp3) is 0.167. The van der Waals surface area contributed by atoms with Crippen molar-refractivity contribution < 1.29 is 4.79 Å². The molecule has 1 aromatic heterocycles. The van der Waals surface area contributed by atoms with Gasteiger partial charge in [0, 0.05) is 28.5 Å². The van der Waals surface area contributed by atoms with Crippen molar-refractivity contribution >= 4 is 23.4 Å². The zero-order valence-electron chi connectivity index (χ0n) is 9.73. The van der Waals surface area contributed by atoms with Crippen molar-refractivity contribution in [3.05, 3.63) is 36.2 Å². The summed E-state index contributed by atoms with van der Waals surface area (Å²) < 4.78 is 0. The van der Waals surface area contributed by atoms with Crippen LogP contribution >= 0.6 is 11.8 Å². The maximum absolute atomic E-state index is 11.7. The summed E-state index contributed by atoms with van der Waals surface area (Å²) in [6, 6.07) is 5.69. The molecule has 0 fully saturated rings. The molecule has 2 heterocycles. The smallest absolute Gasteiger partial charge is 0.246 e. The highest BCUT2D eigenvalue weighted by Gasteiger charge is 2.29. The van der Waals surface area contributed by atoms with Gasteiger partial charge in [-0.2, -0.15) is 0 Å². The zero-order chi connectivity index (χ0) is 12.5. The van der Waals surface area contributed by atoms with Crippen LogP contribution in [0, 0.1) is 0 Å². The normalized spacial score (nSPS) is 17.6. The van der Waals surface area contributed by atoms with E-state index in [1.54, 1.807) is 19.4 Å². The summed E-state index contributed by atoms with van der Waals surface area (Å²) in [7, 11) is 1.78. The lowest BCUT2D eigenvalue weighted by Gasteiger charge is -2.06. The van der Waals surface area contributed by atoms with Gasteiger partial charge in [0.2, 0.25) is 5.91 Å². The minimum Gasteiger partial charge on any atom is -0.339 e. The van der Waals surface area contributed by atoms with Crippen molar-refractivity contribution in [1.82, 2.24) is 15.3 Å². The largest absolute Gasteiger partial charge is 0.339 e. The molecule has 0 spiro atoms. The second-order valence-electron chi connectivity index (χ2n) is 3.96. The van der Waals surface area contributed by atoms with E-state index >= 15 is 0 Å². The fourth-order valence-electron chi connectivity index (χ4n) is 2.01. The minimum atomic E-state index is -0.248. The van der Waals surface area contributed by atoms with Crippen LogP contribution in [-0.4, -0.2) is 22.9 Å². The molecule has 0 saturated carbocycles. The fourth-order valence-corrected chi connectivity index (χ4v) is 2.79.